The van der Waals surface area contributed by atoms with Gasteiger partial charge in [0.2, 0.25) is 0 Å². The average Bonchev–Trinajstić information content (AvgIpc) is 3.19. The molecule has 3 heterocycles. The highest BCUT2D eigenvalue weighted by molar-refractivity contribution is 5.70. The van der Waals surface area contributed by atoms with Gasteiger partial charge in [-0.3, -0.25) is 4.68 Å². The molecular formula is C18H19F3N8O. The van der Waals surface area contributed by atoms with E-state index in [-0.39, 0.29) is 41.6 Å². The molecule has 0 atom stereocenters. The lowest BCUT2D eigenvalue weighted by atomic mass is 10.2. The van der Waals surface area contributed by atoms with Crippen LogP contribution in [0.25, 0.3) is 5.65 Å². The summed E-state index contributed by atoms with van der Waals surface area (Å²) >= 11 is 0. The van der Waals surface area contributed by atoms with Crippen molar-refractivity contribution in [3.8, 4) is 6.07 Å². The van der Waals surface area contributed by atoms with Crippen molar-refractivity contribution in [3.05, 3.63) is 34.8 Å². The molecular weight excluding hydrogens is 401 g/mol. The number of hydrogen-bond donors (Lipinski definition) is 3. The van der Waals surface area contributed by atoms with Gasteiger partial charge in [-0.2, -0.15) is 33.1 Å². The molecule has 158 valence electrons. The Kier molecular flexibility index (Phi) is 4.58. The lowest BCUT2D eigenvalue weighted by Crippen LogP contribution is -2.22. The number of aliphatic hydroxyl groups excluding tert-OH is 1. The Hall–Kier alpha value is -3.33. The van der Waals surface area contributed by atoms with Crippen molar-refractivity contribution >= 4 is 17.3 Å². The maximum Gasteiger partial charge on any atom is 0.421 e. The fourth-order valence-electron chi connectivity index (χ4n) is 3.42. The fraction of sp³-hybridized carbons (Fsp3) is 0.444. The number of aromatic nitrogens is 5. The summed E-state index contributed by atoms with van der Waals surface area (Å²) in [7, 11) is 0. The third kappa shape index (κ3) is 3.21. The Morgan fingerprint density at radius 1 is 1.37 bits per heavy atom. The minimum atomic E-state index is -4.66. The van der Waals surface area contributed by atoms with E-state index in [0.717, 1.165) is 23.1 Å². The molecule has 4 N–H and O–H groups in total. The Morgan fingerprint density at radius 3 is 2.70 bits per heavy atom. The smallest absolute Gasteiger partial charge is 0.394 e. The summed E-state index contributed by atoms with van der Waals surface area (Å²) in [5, 5.41) is 30.0. The number of nitrogens with zero attached hydrogens (tertiary/aromatic N) is 6. The standard InChI is InChI=1S/C18H19F3N8O/c1-10-13(18(19,20)21)16-25-15(12(8-22)14(23)29(16)26-10)24-6-2-11-3-7-28(27-11)17(9-30)4-5-17/h3,7,30H,2,4-6,9,23H2,1H3,(H,24,25). The second kappa shape index (κ2) is 6.88. The monoisotopic (exact) mass is 420 g/mol. The van der Waals surface area contributed by atoms with Gasteiger partial charge < -0.3 is 16.2 Å². The summed E-state index contributed by atoms with van der Waals surface area (Å²) in [6.45, 7) is 1.51. The van der Waals surface area contributed by atoms with Crippen molar-refractivity contribution in [2.24, 2.45) is 0 Å². The number of nitriles is 1. The molecule has 0 amide bonds. The number of fused-ring (bicyclic) bond motifs is 1. The quantitative estimate of drug-likeness (QED) is 0.555. The summed E-state index contributed by atoms with van der Waals surface area (Å²) in [6.07, 6.45) is -0.689. The SMILES string of the molecule is Cc1nn2c(N)c(C#N)c(NCCc3ccn(C4(CO)CC4)n3)nc2c1C(F)(F)F. The van der Waals surface area contributed by atoms with Crippen LogP contribution in [0.15, 0.2) is 12.3 Å². The Labute approximate surface area is 168 Å². The predicted octanol–water partition coefficient (Wildman–Crippen LogP) is 1.84. The van der Waals surface area contributed by atoms with Crippen LogP contribution >= 0.6 is 0 Å². The van der Waals surface area contributed by atoms with Gasteiger partial charge in [0.05, 0.1) is 23.5 Å². The molecule has 0 radical (unpaired) electrons. The van der Waals surface area contributed by atoms with E-state index in [2.05, 4.69) is 20.5 Å². The van der Waals surface area contributed by atoms with Crippen LogP contribution in [0.3, 0.4) is 0 Å². The van der Waals surface area contributed by atoms with Gasteiger partial charge in [-0.15, -0.1) is 0 Å². The van der Waals surface area contributed by atoms with E-state index in [9.17, 15) is 23.5 Å². The number of nitrogens with one attached hydrogen (secondary N) is 1. The topological polar surface area (TPSA) is 130 Å². The van der Waals surface area contributed by atoms with E-state index in [1.165, 1.54) is 6.92 Å². The number of halogens is 3. The third-order valence-corrected chi connectivity index (χ3v) is 5.30. The first-order valence-corrected chi connectivity index (χ1v) is 9.26. The van der Waals surface area contributed by atoms with Gasteiger partial charge in [-0.05, 0) is 25.8 Å². The van der Waals surface area contributed by atoms with E-state index in [0.29, 0.717) is 6.42 Å². The van der Waals surface area contributed by atoms with Gasteiger partial charge in [0, 0.05) is 19.2 Å². The molecule has 0 aromatic carbocycles. The van der Waals surface area contributed by atoms with Crippen molar-refractivity contribution in [1.82, 2.24) is 24.4 Å². The first-order valence-electron chi connectivity index (χ1n) is 9.26. The molecule has 1 saturated carbocycles. The largest absolute Gasteiger partial charge is 0.421 e. The molecule has 4 rings (SSSR count). The summed E-state index contributed by atoms with van der Waals surface area (Å²) in [6, 6.07) is 3.69. The predicted molar refractivity (Wildman–Crippen MR) is 101 cm³/mol. The fourth-order valence-corrected chi connectivity index (χ4v) is 3.42. The second-order valence-corrected chi connectivity index (χ2v) is 7.34. The van der Waals surface area contributed by atoms with Crippen LogP contribution in [0.1, 0.15) is 35.4 Å². The average molecular weight is 420 g/mol. The van der Waals surface area contributed by atoms with Crippen molar-refractivity contribution in [2.45, 2.75) is 37.9 Å². The van der Waals surface area contributed by atoms with E-state index in [1.807, 2.05) is 12.1 Å². The number of rotatable bonds is 6. The van der Waals surface area contributed by atoms with Gasteiger partial charge >= 0.3 is 6.18 Å². The molecule has 3 aromatic rings. The second-order valence-electron chi connectivity index (χ2n) is 7.34. The molecule has 0 bridgehead atoms. The zero-order chi connectivity index (χ0) is 21.7. The zero-order valence-corrected chi connectivity index (χ0v) is 16.0. The maximum absolute atomic E-state index is 13.4. The van der Waals surface area contributed by atoms with Crippen LogP contribution in [0, 0.1) is 18.3 Å². The van der Waals surface area contributed by atoms with Crippen LogP contribution in [0.2, 0.25) is 0 Å². The van der Waals surface area contributed by atoms with E-state index in [1.54, 1.807) is 10.9 Å². The van der Waals surface area contributed by atoms with Gasteiger partial charge in [-0.25, -0.2) is 4.98 Å². The van der Waals surface area contributed by atoms with Gasteiger partial charge in [0.25, 0.3) is 0 Å². The van der Waals surface area contributed by atoms with Gasteiger partial charge in [0.1, 0.15) is 28.8 Å². The highest BCUT2D eigenvalue weighted by Crippen LogP contribution is 2.42. The number of nitrogens with two attached hydrogens (primary N) is 1. The molecule has 0 spiro atoms. The first kappa shape index (κ1) is 20.0. The van der Waals surface area contributed by atoms with Crippen LogP contribution < -0.4 is 11.1 Å². The summed E-state index contributed by atoms with van der Waals surface area (Å²) in [4.78, 5) is 4.00. The number of anilines is 2. The molecule has 9 nitrogen and oxygen atoms in total. The van der Waals surface area contributed by atoms with E-state index < -0.39 is 17.4 Å². The maximum atomic E-state index is 13.4. The number of aliphatic hydroxyl groups is 1. The van der Waals surface area contributed by atoms with Crippen LogP contribution in [-0.4, -0.2) is 42.6 Å². The molecule has 3 aromatic heterocycles. The minimum absolute atomic E-state index is 0.0212. The van der Waals surface area contributed by atoms with Crippen LogP contribution in [-0.2, 0) is 18.1 Å². The normalized spacial score (nSPS) is 15.3. The zero-order valence-electron chi connectivity index (χ0n) is 16.0. The van der Waals surface area contributed by atoms with E-state index in [4.69, 9.17) is 5.73 Å². The number of nitrogen functional groups attached to an aromatic ring is 1. The molecule has 30 heavy (non-hydrogen) atoms. The highest BCUT2D eigenvalue weighted by atomic mass is 19.4. The number of aryl methyl sites for hydroxylation is 1. The molecule has 0 unspecified atom stereocenters. The third-order valence-electron chi connectivity index (χ3n) is 5.30. The Morgan fingerprint density at radius 2 is 2.10 bits per heavy atom. The number of alkyl halides is 3. The van der Waals surface area contributed by atoms with Crippen molar-refractivity contribution in [1.29, 1.82) is 5.26 Å². The van der Waals surface area contributed by atoms with Crippen molar-refractivity contribution < 1.29 is 18.3 Å². The van der Waals surface area contributed by atoms with Crippen LogP contribution in [0.4, 0.5) is 24.8 Å². The lowest BCUT2D eigenvalue weighted by Gasteiger charge is -2.12. The van der Waals surface area contributed by atoms with Gasteiger partial charge in [0.15, 0.2) is 5.65 Å². The molecule has 0 saturated heterocycles. The minimum Gasteiger partial charge on any atom is -0.394 e. The summed E-state index contributed by atoms with van der Waals surface area (Å²) in [5.74, 6) is -0.257. The number of hydrogen-bond acceptors (Lipinski definition) is 7. The Balaban J connectivity index is 1.59. The van der Waals surface area contributed by atoms with Crippen molar-refractivity contribution in [2.75, 3.05) is 24.2 Å². The van der Waals surface area contributed by atoms with E-state index >= 15 is 0 Å². The Bertz CT molecular complexity index is 1150. The van der Waals surface area contributed by atoms with Gasteiger partial charge in [-0.1, -0.05) is 0 Å². The van der Waals surface area contributed by atoms with Crippen molar-refractivity contribution in [3.63, 3.8) is 0 Å². The molecule has 0 aliphatic heterocycles. The molecule has 1 aliphatic carbocycles. The lowest BCUT2D eigenvalue weighted by molar-refractivity contribution is -0.136. The summed E-state index contributed by atoms with van der Waals surface area (Å²) < 4.78 is 42.8. The molecule has 1 aliphatic rings. The molecule has 1 fully saturated rings. The highest BCUT2D eigenvalue weighted by Gasteiger charge is 2.44. The van der Waals surface area contributed by atoms with Crippen LogP contribution in [0.5, 0.6) is 0 Å². The first-order chi connectivity index (χ1) is 14.2. The summed E-state index contributed by atoms with van der Waals surface area (Å²) in [5.41, 5.74) is 4.54. The molecule has 12 heteroatoms.